The van der Waals surface area contributed by atoms with Gasteiger partial charge in [-0.15, -0.1) is 11.8 Å². The van der Waals surface area contributed by atoms with Crippen molar-refractivity contribution in [2.24, 2.45) is 5.92 Å². The van der Waals surface area contributed by atoms with E-state index in [0.717, 1.165) is 4.90 Å². The van der Waals surface area contributed by atoms with Crippen molar-refractivity contribution in [2.75, 3.05) is 12.4 Å². The molecule has 1 aromatic carbocycles. The molecule has 6 nitrogen and oxygen atoms in total. The Kier molecular flexibility index (Phi) is 6.57. The molecule has 29 heavy (non-hydrogen) atoms. The second kappa shape index (κ2) is 9.30. The van der Waals surface area contributed by atoms with Gasteiger partial charge in [-0.3, -0.25) is 4.79 Å². The number of allylic oxidation sites excluding steroid dienone is 2. The number of thioether (sulfide) groups is 1. The summed E-state index contributed by atoms with van der Waals surface area (Å²) in [6, 6.07) is 14.9. The van der Waals surface area contributed by atoms with E-state index in [1.165, 1.54) is 24.1 Å². The number of carbonyl (C=O) groups excluding carboxylic acids is 2. The number of hydrogen-bond acceptors (Lipinski definition) is 7. The number of rotatable bonds is 7. The zero-order chi connectivity index (χ0) is 20.8. The average molecular weight is 408 g/mol. The molecule has 1 unspecified atom stereocenters. The number of nitriles is 1. The molecule has 3 rings (SSSR count). The van der Waals surface area contributed by atoms with E-state index >= 15 is 0 Å². The number of carbonyl (C=O) groups is 2. The Balaban J connectivity index is 2.04. The second-order valence-electron chi connectivity index (χ2n) is 6.26. The van der Waals surface area contributed by atoms with E-state index in [-0.39, 0.29) is 23.5 Å². The van der Waals surface area contributed by atoms with E-state index in [0.29, 0.717) is 17.1 Å². The number of Topliss-reactive ketones (excluding diaryl/α,β-unsaturated/α-hetero) is 1. The molecule has 0 amide bonds. The summed E-state index contributed by atoms with van der Waals surface area (Å²) in [5.41, 5.74) is 1.43. The third-order valence-electron chi connectivity index (χ3n) is 4.41. The van der Waals surface area contributed by atoms with E-state index in [9.17, 15) is 14.9 Å². The number of esters is 1. The molecule has 0 aliphatic carbocycles. The quantitative estimate of drug-likeness (QED) is 0.419. The molecule has 2 aromatic rings. The molecule has 1 aliphatic heterocycles. The number of nitrogens with zero attached hydrogens (tertiary/aromatic N) is 1. The van der Waals surface area contributed by atoms with E-state index in [2.05, 4.69) is 11.4 Å². The van der Waals surface area contributed by atoms with E-state index in [1.54, 1.807) is 19.9 Å². The predicted molar refractivity (Wildman–Crippen MR) is 109 cm³/mol. The standard InChI is InChI=1S/C22H20N2O4S/c1-3-27-22(26)20-17(13-29-15-8-5-4-6-9-15)24-14(2)16(12-23)19(20)21(25)18-10-7-11-28-18/h4-11,19,24H,3,13H2,1-2H3. The van der Waals surface area contributed by atoms with Crippen molar-refractivity contribution in [1.29, 1.82) is 5.26 Å². The highest BCUT2D eigenvalue weighted by Gasteiger charge is 2.40. The maximum absolute atomic E-state index is 13.2. The summed E-state index contributed by atoms with van der Waals surface area (Å²) in [4.78, 5) is 27.0. The topological polar surface area (TPSA) is 92.3 Å². The van der Waals surface area contributed by atoms with Gasteiger partial charge in [-0.05, 0) is 38.1 Å². The first-order valence-electron chi connectivity index (χ1n) is 9.10. The SMILES string of the molecule is CCOC(=O)C1=C(CSc2ccccc2)NC(C)=C(C#N)C1C(=O)c1ccco1. The lowest BCUT2D eigenvalue weighted by Crippen LogP contribution is -2.35. The highest BCUT2D eigenvalue weighted by Crippen LogP contribution is 2.35. The molecule has 1 aliphatic rings. The zero-order valence-electron chi connectivity index (χ0n) is 16.1. The second-order valence-corrected chi connectivity index (χ2v) is 7.31. The monoisotopic (exact) mass is 408 g/mol. The number of furan rings is 1. The fourth-order valence-electron chi connectivity index (χ4n) is 3.10. The van der Waals surface area contributed by atoms with Gasteiger partial charge < -0.3 is 14.5 Å². The fraction of sp³-hybridized carbons (Fsp3) is 0.227. The molecule has 1 N–H and O–H groups in total. The van der Waals surface area contributed by atoms with E-state index in [1.807, 2.05) is 30.3 Å². The van der Waals surface area contributed by atoms with Crippen LogP contribution in [0.1, 0.15) is 24.4 Å². The Bertz CT molecular complexity index is 1000. The molecule has 0 bridgehead atoms. The van der Waals surface area contributed by atoms with Gasteiger partial charge in [-0.1, -0.05) is 18.2 Å². The lowest BCUT2D eigenvalue weighted by molar-refractivity contribution is -0.139. The molecule has 0 saturated heterocycles. The minimum atomic E-state index is -1.07. The van der Waals surface area contributed by atoms with Crippen molar-refractivity contribution in [3.63, 3.8) is 0 Å². The van der Waals surface area contributed by atoms with Gasteiger partial charge in [-0.2, -0.15) is 5.26 Å². The molecule has 7 heteroatoms. The first kappa shape index (κ1) is 20.5. The van der Waals surface area contributed by atoms with Crippen LogP contribution in [-0.4, -0.2) is 24.1 Å². The van der Waals surface area contributed by atoms with Crippen LogP contribution in [0, 0.1) is 17.2 Å². The summed E-state index contributed by atoms with van der Waals surface area (Å²) in [6.45, 7) is 3.58. The Morgan fingerprint density at radius 2 is 2.00 bits per heavy atom. The maximum Gasteiger partial charge on any atom is 0.336 e. The van der Waals surface area contributed by atoms with Gasteiger partial charge >= 0.3 is 5.97 Å². The summed E-state index contributed by atoms with van der Waals surface area (Å²) < 4.78 is 10.5. The summed E-state index contributed by atoms with van der Waals surface area (Å²) in [5, 5.41) is 12.8. The number of nitrogens with one attached hydrogen (secondary N) is 1. The number of ether oxygens (including phenoxy) is 1. The smallest absolute Gasteiger partial charge is 0.336 e. The van der Waals surface area contributed by atoms with Gasteiger partial charge in [0.1, 0.15) is 0 Å². The number of dihydropyridines is 1. The number of ketones is 1. The minimum absolute atomic E-state index is 0.0920. The first-order chi connectivity index (χ1) is 14.1. The molecular weight excluding hydrogens is 388 g/mol. The third-order valence-corrected chi connectivity index (χ3v) is 5.45. The van der Waals surface area contributed by atoms with Crippen LogP contribution in [0.2, 0.25) is 0 Å². The normalized spacial score (nSPS) is 16.2. The molecule has 2 heterocycles. The first-order valence-corrected chi connectivity index (χ1v) is 10.1. The Hall–Kier alpha value is -3.24. The Morgan fingerprint density at radius 3 is 2.62 bits per heavy atom. The van der Waals surface area contributed by atoms with Gasteiger partial charge in [0.05, 0.1) is 36.0 Å². The Morgan fingerprint density at radius 1 is 1.24 bits per heavy atom. The zero-order valence-corrected chi connectivity index (χ0v) is 16.9. The highest BCUT2D eigenvalue weighted by molar-refractivity contribution is 7.99. The molecule has 0 fully saturated rings. The van der Waals surface area contributed by atoms with Gasteiger partial charge in [-0.25, -0.2) is 4.79 Å². The van der Waals surface area contributed by atoms with E-state index < -0.39 is 17.7 Å². The van der Waals surface area contributed by atoms with Gasteiger partial charge in [0, 0.05) is 22.0 Å². The van der Waals surface area contributed by atoms with Crippen molar-refractivity contribution in [1.82, 2.24) is 5.32 Å². The van der Waals surface area contributed by atoms with Crippen molar-refractivity contribution in [3.05, 3.63) is 77.0 Å². The van der Waals surface area contributed by atoms with Gasteiger partial charge in [0.15, 0.2) is 5.76 Å². The summed E-state index contributed by atoms with van der Waals surface area (Å²) in [5.74, 6) is -1.63. The van der Waals surface area contributed by atoms with Gasteiger partial charge in [0.25, 0.3) is 0 Å². The number of benzene rings is 1. The molecule has 0 saturated carbocycles. The molecule has 1 atom stereocenters. The fourth-order valence-corrected chi connectivity index (χ4v) is 3.99. The number of hydrogen-bond donors (Lipinski definition) is 1. The van der Waals surface area contributed by atoms with Crippen LogP contribution in [0.5, 0.6) is 0 Å². The highest BCUT2D eigenvalue weighted by atomic mass is 32.2. The lowest BCUT2D eigenvalue weighted by atomic mass is 9.82. The van der Waals surface area contributed by atoms with Crippen LogP contribution in [0.25, 0.3) is 0 Å². The molecular formula is C22H20N2O4S. The molecule has 148 valence electrons. The molecule has 0 radical (unpaired) electrons. The average Bonchev–Trinajstić information content (AvgIpc) is 3.27. The van der Waals surface area contributed by atoms with Crippen molar-refractivity contribution in [3.8, 4) is 6.07 Å². The van der Waals surface area contributed by atoms with Crippen LogP contribution >= 0.6 is 11.8 Å². The van der Waals surface area contributed by atoms with Crippen molar-refractivity contribution < 1.29 is 18.7 Å². The third kappa shape index (κ3) is 4.44. The van der Waals surface area contributed by atoms with Crippen LogP contribution in [0.15, 0.2) is 80.6 Å². The van der Waals surface area contributed by atoms with Crippen molar-refractivity contribution >= 4 is 23.5 Å². The van der Waals surface area contributed by atoms with E-state index in [4.69, 9.17) is 9.15 Å². The summed E-state index contributed by atoms with van der Waals surface area (Å²) in [7, 11) is 0. The van der Waals surface area contributed by atoms with Crippen LogP contribution < -0.4 is 5.32 Å². The van der Waals surface area contributed by atoms with Crippen LogP contribution in [0.4, 0.5) is 0 Å². The summed E-state index contributed by atoms with van der Waals surface area (Å²) >= 11 is 1.52. The lowest BCUT2D eigenvalue weighted by Gasteiger charge is -2.28. The van der Waals surface area contributed by atoms with Crippen LogP contribution in [-0.2, 0) is 9.53 Å². The molecule has 1 aromatic heterocycles. The largest absolute Gasteiger partial charge is 0.463 e. The predicted octanol–water partition coefficient (Wildman–Crippen LogP) is 4.09. The Labute approximate surface area is 173 Å². The van der Waals surface area contributed by atoms with Gasteiger partial charge in [0.2, 0.25) is 5.78 Å². The maximum atomic E-state index is 13.2. The molecule has 0 spiro atoms. The minimum Gasteiger partial charge on any atom is -0.463 e. The summed E-state index contributed by atoms with van der Waals surface area (Å²) in [6.07, 6.45) is 1.39. The van der Waals surface area contributed by atoms with Crippen molar-refractivity contribution in [2.45, 2.75) is 18.7 Å². The van der Waals surface area contributed by atoms with Crippen LogP contribution in [0.3, 0.4) is 0 Å².